The first-order valence-corrected chi connectivity index (χ1v) is 6.93. The summed E-state index contributed by atoms with van der Waals surface area (Å²) in [6.45, 7) is 0. The molecule has 112 valence electrons. The van der Waals surface area contributed by atoms with Crippen LogP contribution in [0.4, 0.5) is 0 Å². The van der Waals surface area contributed by atoms with Crippen LogP contribution in [0.2, 0.25) is 0 Å². The van der Waals surface area contributed by atoms with Crippen LogP contribution in [0.25, 0.3) is 10.9 Å². The maximum atomic E-state index is 12.1. The van der Waals surface area contributed by atoms with Gasteiger partial charge in [-0.25, -0.2) is 0 Å². The highest BCUT2D eigenvalue weighted by molar-refractivity contribution is 5.96. The second kappa shape index (κ2) is 5.77. The lowest BCUT2D eigenvalue weighted by Gasteiger charge is -2.14. The molecule has 0 aliphatic heterocycles. The Bertz CT molecular complexity index is 805. The van der Waals surface area contributed by atoms with Gasteiger partial charge in [0, 0.05) is 29.7 Å². The number of aromatic nitrogens is 2. The fourth-order valence-corrected chi connectivity index (χ4v) is 2.45. The zero-order chi connectivity index (χ0) is 15.5. The number of aromatic amines is 2. The van der Waals surface area contributed by atoms with Crippen molar-refractivity contribution in [3.63, 3.8) is 0 Å². The van der Waals surface area contributed by atoms with Gasteiger partial charge in [-0.15, -0.1) is 0 Å². The minimum Gasteiger partial charge on any atom is -0.368 e. The molecule has 0 saturated heterocycles. The molecule has 1 aromatic carbocycles. The van der Waals surface area contributed by atoms with Gasteiger partial charge in [-0.2, -0.15) is 0 Å². The normalized spacial score (nSPS) is 12.2. The first-order chi connectivity index (χ1) is 10.6. The maximum absolute atomic E-state index is 12.1. The molecule has 0 aliphatic carbocycles. The minimum atomic E-state index is -0.769. The van der Waals surface area contributed by atoms with E-state index in [1.54, 1.807) is 18.3 Å². The number of benzene rings is 1. The molecule has 3 rings (SSSR count). The number of hydrogen-bond acceptors (Lipinski definition) is 2. The van der Waals surface area contributed by atoms with Crippen molar-refractivity contribution in [1.29, 1.82) is 0 Å². The van der Waals surface area contributed by atoms with Crippen molar-refractivity contribution in [3.8, 4) is 0 Å². The number of nitrogens with one attached hydrogen (secondary N) is 3. The highest BCUT2D eigenvalue weighted by atomic mass is 16.2. The molecule has 0 spiro atoms. The molecule has 2 heterocycles. The van der Waals surface area contributed by atoms with Crippen LogP contribution in [0.1, 0.15) is 16.1 Å². The number of amides is 2. The van der Waals surface area contributed by atoms with Gasteiger partial charge < -0.3 is 21.0 Å². The van der Waals surface area contributed by atoms with Crippen LogP contribution < -0.4 is 11.1 Å². The van der Waals surface area contributed by atoms with Gasteiger partial charge in [-0.05, 0) is 23.8 Å². The van der Waals surface area contributed by atoms with E-state index in [2.05, 4.69) is 15.3 Å². The molecule has 6 heteroatoms. The molecule has 0 saturated carbocycles. The molecule has 2 aromatic heterocycles. The van der Waals surface area contributed by atoms with Crippen molar-refractivity contribution >= 4 is 22.7 Å². The zero-order valence-corrected chi connectivity index (χ0v) is 11.8. The summed E-state index contributed by atoms with van der Waals surface area (Å²) in [5.41, 5.74) is 7.74. The Morgan fingerprint density at radius 2 is 1.95 bits per heavy atom. The Kier molecular flexibility index (Phi) is 3.65. The summed E-state index contributed by atoms with van der Waals surface area (Å²) in [5, 5.41) is 3.68. The lowest BCUT2D eigenvalue weighted by Crippen LogP contribution is -2.45. The van der Waals surface area contributed by atoms with Gasteiger partial charge in [0.15, 0.2) is 0 Å². The molecule has 1 atom stereocenters. The number of primary amides is 1. The standard InChI is InChI=1S/C16H16N4O2/c17-15(21)14(20-16(22)13-6-3-7-18-13)8-10-9-19-12-5-2-1-4-11(10)12/h1-7,9,14,18-19H,8H2,(H2,17,21)(H,20,22). The second-order valence-corrected chi connectivity index (χ2v) is 5.08. The number of rotatable bonds is 5. The van der Waals surface area contributed by atoms with E-state index in [9.17, 15) is 9.59 Å². The Labute approximate surface area is 126 Å². The third-order valence-electron chi connectivity index (χ3n) is 3.59. The molecule has 5 N–H and O–H groups in total. The van der Waals surface area contributed by atoms with Crippen LogP contribution in [0, 0.1) is 0 Å². The average Bonchev–Trinajstić information content (AvgIpc) is 3.16. The smallest absolute Gasteiger partial charge is 0.268 e. The summed E-state index contributed by atoms with van der Waals surface area (Å²) < 4.78 is 0. The zero-order valence-electron chi connectivity index (χ0n) is 11.8. The van der Waals surface area contributed by atoms with Gasteiger partial charge in [0.25, 0.3) is 5.91 Å². The Morgan fingerprint density at radius 3 is 2.68 bits per heavy atom. The first-order valence-electron chi connectivity index (χ1n) is 6.93. The van der Waals surface area contributed by atoms with Crippen LogP contribution in [-0.4, -0.2) is 27.8 Å². The average molecular weight is 296 g/mol. The van der Waals surface area contributed by atoms with Crippen LogP contribution >= 0.6 is 0 Å². The van der Waals surface area contributed by atoms with Crippen molar-refractivity contribution in [3.05, 3.63) is 60.0 Å². The van der Waals surface area contributed by atoms with Crippen LogP contribution in [0.5, 0.6) is 0 Å². The van der Waals surface area contributed by atoms with Gasteiger partial charge >= 0.3 is 0 Å². The second-order valence-electron chi connectivity index (χ2n) is 5.08. The van der Waals surface area contributed by atoms with E-state index < -0.39 is 11.9 Å². The molecular formula is C16H16N4O2. The number of nitrogens with two attached hydrogens (primary N) is 1. The number of fused-ring (bicyclic) bond motifs is 1. The van der Waals surface area contributed by atoms with Crippen molar-refractivity contribution in [1.82, 2.24) is 15.3 Å². The van der Waals surface area contributed by atoms with Gasteiger partial charge in [-0.1, -0.05) is 18.2 Å². The molecule has 2 amide bonds. The van der Waals surface area contributed by atoms with Crippen molar-refractivity contribution < 1.29 is 9.59 Å². The molecular weight excluding hydrogens is 280 g/mol. The topological polar surface area (TPSA) is 104 Å². The Morgan fingerprint density at radius 1 is 1.14 bits per heavy atom. The van der Waals surface area contributed by atoms with E-state index in [0.29, 0.717) is 12.1 Å². The fourth-order valence-electron chi connectivity index (χ4n) is 2.45. The van der Waals surface area contributed by atoms with E-state index in [-0.39, 0.29) is 5.91 Å². The monoisotopic (exact) mass is 296 g/mol. The Balaban J connectivity index is 1.80. The third-order valence-corrected chi connectivity index (χ3v) is 3.59. The highest BCUT2D eigenvalue weighted by Crippen LogP contribution is 2.19. The fraction of sp³-hybridized carbons (Fsp3) is 0.125. The highest BCUT2D eigenvalue weighted by Gasteiger charge is 2.21. The predicted molar refractivity (Wildman–Crippen MR) is 83.2 cm³/mol. The third kappa shape index (κ3) is 2.71. The number of hydrogen-bond donors (Lipinski definition) is 4. The van der Waals surface area contributed by atoms with E-state index in [1.165, 1.54) is 0 Å². The summed E-state index contributed by atoms with van der Waals surface area (Å²) in [7, 11) is 0. The number of H-pyrrole nitrogens is 2. The lowest BCUT2D eigenvalue weighted by molar-refractivity contribution is -0.119. The van der Waals surface area contributed by atoms with Crippen LogP contribution in [0.15, 0.2) is 48.8 Å². The van der Waals surface area contributed by atoms with E-state index >= 15 is 0 Å². The van der Waals surface area contributed by atoms with Gasteiger partial charge in [-0.3, -0.25) is 9.59 Å². The van der Waals surface area contributed by atoms with Crippen LogP contribution in [-0.2, 0) is 11.2 Å². The summed E-state index contributed by atoms with van der Waals surface area (Å²) >= 11 is 0. The summed E-state index contributed by atoms with van der Waals surface area (Å²) in [6, 6.07) is 10.4. The molecule has 22 heavy (non-hydrogen) atoms. The lowest BCUT2D eigenvalue weighted by atomic mass is 10.0. The van der Waals surface area contributed by atoms with Crippen LogP contribution in [0.3, 0.4) is 0 Å². The molecule has 1 unspecified atom stereocenters. The molecule has 0 bridgehead atoms. The van der Waals surface area contributed by atoms with Gasteiger partial charge in [0.05, 0.1) is 0 Å². The van der Waals surface area contributed by atoms with E-state index in [4.69, 9.17) is 5.73 Å². The molecule has 0 radical (unpaired) electrons. The van der Waals surface area contributed by atoms with E-state index in [1.807, 2.05) is 30.5 Å². The summed E-state index contributed by atoms with van der Waals surface area (Å²) in [6.07, 6.45) is 3.82. The van der Waals surface area contributed by atoms with Gasteiger partial charge in [0.1, 0.15) is 11.7 Å². The number of para-hydroxylation sites is 1. The molecule has 0 fully saturated rings. The van der Waals surface area contributed by atoms with Gasteiger partial charge in [0.2, 0.25) is 5.91 Å². The summed E-state index contributed by atoms with van der Waals surface area (Å²) in [4.78, 5) is 29.7. The minimum absolute atomic E-state index is 0.339. The van der Waals surface area contributed by atoms with Crippen molar-refractivity contribution in [2.24, 2.45) is 5.73 Å². The molecule has 0 aliphatic rings. The number of carbonyl (C=O) groups is 2. The molecule has 6 nitrogen and oxygen atoms in total. The summed E-state index contributed by atoms with van der Waals surface area (Å²) in [5.74, 6) is -0.918. The first kappa shape index (κ1) is 13.9. The molecule has 3 aromatic rings. The van der Waals surface area contributed by atoms with Crippen molar-refractivity contribution in [2.75, 3.05) is 0 Å². The quantitative estimate of drug-likeness (QED) is 0.570. The maximum Gasteiger partial charge on any atom is 0.268 e. The largest absolute Gasteiger partial charge is 0.368 e. The SMILES string of the molecule is NC(=O)C(Cc1c[nH]c2ccccc12)NC(=O)c1ccc[nH]1. The van der Waals surface area contributed by atoms with E-state index in [0.717, 1.165) is 16.5 Å². The number of carbonyl (C=O) groups excluding carboxylic acids is 2. The van der Waals surface area contributed by atoms with Crippen molar-refractivity contribution in [2.45, 2.75) is 12.5 Å². The predicted octanol–water partition coefficient (Wildman–Crippen LogP) is 1.32. The Hall–Kier alpha value is -3.02.